The molecule has 1 N–H and O–H groups in total. The molecule has 0 bridgehead atoms. The van der Waals surface area contributed by atoms with Gasteiger partial charge in [0.05, 0.1) is 0 Å². The zero-order chi connectivity index (χ0) is 15.1. The van der Waals surface area contributed by atoms with Crippen molar-refractivity contribution in [1.82, 2.24) is 10.2 Å². The van der Waals surface area contributed by atoms with Gasteiger partial charge in [-0.05, 0) is 56.6 Å². The number of rotatable bonds is 7. The second-order valence-electron chi connectivity index (χ2n) is 6.15. The maximum atomic E-state index is 5.81. The van der Waals surface area contributed by atoms with Crippen LogP contribution in [0.2, 0.25) is 0 Å². The molecule has 0 aliphatic carbocycles. The summed E-state index contributed by atoms with van der Waals surface area (Å²) in [4.78, 5) is 2.52. The van der Waals surface area contributed by atoms with Crippen LogP contribution in [-0.4, -0.2) is 43.7 Å². The fourth-order valence-electron chi connectivity index (χ4n) is 2.67. The molecule has 1 aliphatic rings. The summed E-state index contributed by atoms with van der Waals surface area (Å²) in [5.41, 5.74) is 0. The van der Waals surface area contributed by atoms with Crippen LogP contribution < -0.4 is 10.1 Å². The zero-order valence-corrected chi connectivity index (χ0v) is 14.7. The second kappa shape index (κ2) is 8.76. The lowest BCUT2D eigenvalue weighted by atomic mass is 9.96. The SMILES string of the molecule is CC(C)NCC1CCN(CCOc2cccc(Br)c2)CC1. The van der Waals surface area contributed by atoms with Gasteiger partial charge in [0.1, 0.15) is 12.4 Å². The number of benzene rings is 1. The van der Waals surface area contributed by atoms with Gasteiger partial charge in [-0.3, -0.25) is 4.90 Å². The lowest BCUT2D eigenvalue weighted by Gasteiger charge is -2.32. The molecule has 0 aromatic heterocycles. The van der Waals surface area contributed by atoms with Crippen molar-refractivity contribution >= 4 is 15.9 Å². The first kappa shape index (κ1) is 16.8. The first-order valence-electron chi connectivity index (χ1n) is 7.97. The zero-order valence-electron chi connectivity index (χ0n) is 13.1. The molecule has 2 rings (SSSR count). The van der Waals surface area contributed by atoms with Crippen molar-refractivity contribution in [3.8, 4) is 5.75 Å². The highest BCUT2D eigenvalue weighted by Gasteiger charge is 2.18. The van der Waals surface area contributed by atoms with Crippen LogP contribution in [0, 0.1) is 5.92 Å². The third kappa shape index (κ3) is 6.37. The standard InChI is InChI=1S/C17H27BrN2O/c1-14(2)19-13-15-6-8-20(9-7-15)10-11-21-17-5-3-4-16(18)12-17/h3-5,12,14-15,19H,6-11,13H2,1-2H3. The summed E-state index contributed by atoms with van der Waals surface area (Å²) in [5, 5.41) is 3.55. The predicted molar refractivity (Wildman–Crippen MR) is 91.9 cm³/mol. The van der Waals surface area contributed by atoms with E-state index in [0.717, 1.165) is 29.3 Å². The average molecular weight is 355 g/mol. The highest BCUT2D eigenvalue weighted by Crippen LogP contribution is 2.19. The van der Waals surface area contributed by atoms with Gasteiger partial charge in [0, 0.05) is 17.1 Å². The average Bonchev–Trinajstić information content (AvgIpc) is 2.46. The van der Waals surface area contributed by atoms with E-state index in [9.17, 15) is 0 Å². The minimum atomic E-state index is 0.599. The molecule has 1 saturated heterocycles. The van der Waals surface area contributed by atoms with E-state index in [2.05, 4.69) is 40.0 Å². The Morgan fingerprint density at radius 3 is 2.76 bits per heavy atom. The summed E-state index contributed by atoms with van der Waals surface area (Å²) in [6, 6.07) is 8.65. The topological polar surface area (TPSA) is 24.5 Å². The molecule has 0 atom stereocenters. The van der Waals surface area contributed by atoms with Crippen LogP contribution in [0.5, 0.6) is 5.75 Å². The molecule has 1 aromatic rings. The number of ether oxygens (including phenoxy) is 1. The molecule has 1 fully saturated rings. The Morgan fingerprint density at radius 1 is 1.33 bits per heavy atom. The van der Waals surface area contributed by atoms with Crippen LogP contribution in [0.25, 0.3) is 0 Å². The van der Waals surface area contributed by atoms with Crippen LogP contribution in [0.3, 0.4) is 0 Å². The van der Waals surface area contributed by atoms with Crippen LogP contribution in [0.4, 0.5) is 0 Å². The van der Waals surface area contributed by atoms with E-state index in [-0.39, 0.29) is 0 Å². The lowest BCUT2D eigenvalue weighted by molar-refractivity contribution is 0.153. The summed E-state index contributed by atoms with van der Waals surface area (Å²) >= 11 is 3.47. The Labute approximate surface area is 137 Å². The van der Waals surface area contributed by atoms with Gasteiger partial charge in [-0.25, -0.2) is 0 Å². The number of likely N-dealkylation sites (tertiary alicyclic amines) is 1. The lowest BCUT2D eigenvalue weighted by Crippen LogP contribution is -2.40. The van der Waals surface area contributed by atoms with Crippen molar-refractivity contribution in [3.05, 3.63) is 28.7 Å². The van der Waals surface area contributed by atoms with E-state index in [4.69, 9.17) is 4.74 Å². The fraction of sp³-hybridized carbons (Fsp3) is 0.647. The summed E-state index contributed by atoms with van der Waals surface area (Å²) in [6.07, 6.45) is 2.60. The molecule has 0 saturated carbocycles. The van der Waals surface area contributed by atoms with Gasteiger partial charge < -0.3 is 10.1 Å². The van der Waals surface area contributed by atoms with Gasteiger partial charge in [-0.1, -0.05) is 35.8 Å². The minimum Gasteiger partial charge on any atom is -0.492 e. The van der Waals surface area contributed by atoms with E-state index < -0.39 is 0 Å². The number of hydrogen-bond donors (Lipinski definition) is 1. The van der Waals surface area contributed by atoms with Crippen molar-refractivity contribution in [3.63, 3.8) is 0 Å². The number of nitrogens with one attached hydrogen (secondary N) is 1. The van der Waals surface area contributed by atoms with Crippen LogP contribution >= 0.6 is 15.9 Å². The van der Waals surface area contributed by atoms with Crippen molar-refractivity contribution in [2.45, 2.75) is 32.7 Å². The Balaban J connectivity index is 1.60. The van der Waals surface area contributed by atoms with E-state index in [1.807, 2.05) is 24.3 Å². The first-order valence-corrected chi connectivity index (χ1v) is 8.77. The van der Waals surface area contributed by atoms with Crippen LogP contribution in [0.1, 0.15) is 26.7 Å². The minimum absolute atomic E-state index is 0.599. The van der Waals surface area contributed by atoms with Gasteiger partial charge in [-0.15, -0.1) is 0 Å². The molecule has 21 heavy (non-hydrogen) atoms. The molecule has 0 unspecified atom stereocenters. The summed E-state index contributed by atoms with van der Waals surface area (Å²) in [7, 11) is 0. The number of halogens is 1. The van der Waals surface area contributed by atoms with Gasteiger partial charge in [0.25, 0.3) is 0 Å². The van der Waals surface area contributed by atoms with Crippen molar-refractivity contribution in [2.75, 3.05) is 32.8 Å². The maximum Gasteiger partial charge on any atom is 0.120 e. The molecule has 118 valence electrons. The Hall–Kier alpha value is -0.580. The smallest absolute Gasteiger partial charge is 0.120 e. The molecule has 4 heteroatoms. The number of nitrogens with zero attached hydrogens (tertiary/aromatic N) is 1. The molecule has 3 nitrogen and oxygen atoms in total. The van der Waals surface area contributed by atoms with Crippen LogP contribution in [-0.2, 0) is 0 Å². The van der Waals surface area contributed by atoms with Crippen molar-refractivity contribution in [1.29, 1.82) is 0 Å². The van der Waals surface area contributed by atoms with Crippen LogP contribution in [0.15, 0.2) is 28.7 Å². The largest absolute Gasteiger partial charge is 0.492 e. The monoisotopic (exact) mass is 354 g/mol. The fourth-order valence-corrected chi connectivity index (χ4v) is 3.04. The summed E-state index contributed by atoms with van der Waals surface area (Å²) < 4.78 is 6.88. The summed E-state index contributed by atoms with van der Waals surface area (Å²) in [6.45, 7) is 9.80. The van der Waals surface area contributed by atoms with Gasteiger partial charge in [-0.2, -0.15) is 0 Å². The molecule has 0 spiro atoms. The number of piperidine rings is 1. The Kier molecular flexibility index (Phi) is 7.00. The van der Waals surface area contributed by atoms with E-state index in [0.29, 0.717) is 6.04 Å². The molecule has 1 aliphatic heterocycles. The molecular weight excluding hydrogens is 328 g/mol. The normalized spacial score (nSPS) is 17.3. The molecule has 0 radical (unpaired) electrons. The Morgan fingerprint density at radius 2 is 2.10 bits per heavy atom. The van der Waals surface area contributed by atoms with Crippen molar-refractivity contribution < 1.29 is 4.74 Å². The second-order valence-corrected chi connectivity index (χ2v) is 7.07. The molecular formula is C17H27BrN2O. The molecule has 1 heterocycles. The van der Waals surface area contributed by atoms with Gasteiger partial charge >= 0.3 is 0 Å². The maximum absolute atomic E-state index is 5.81. The quantitative estimate of drug-likeness (QED) is 0.810. The van der Waals surface area contributed by atoms with E-state index in [1.54, 1.807) is 0 Å². The Bertz CT molecular complexity index is 417. The third-order valence-corrected chi connectivity index (χ3v) is 4.49. The van der Waals surface area contributed by atoms with Gasteiger partial charge in [0.15, 0.2) is 0 Å². The first-order chi connectivity index (χ1) is 10.1. The molecule has 0 amide bonds. The highest BCUT2D eigenvalue weighted by atomic mass is 79.9. The van der Waals surface area contributed by atoms with E-state index >= 15 is 0 Å². The third-order valence-electron chi connectivity index (χ3n) is 3.99. The van der Waals surface area contributed by atoms with Gasteiger partial charge in [0.2, 0.25) is 0 Å². The summed E-state index contributed by atoms with van der Waals surface area (Å²) in [5.74, 6) is 1.79. The number of hydrogen-bond acceptors (Lipinski definition) is 3. The predicted octanol–water partition coefficient (Wildman–Crippen LogP) is 3.54. The molecule has 1 aromatic carbocycles. The van der Waals surface area contributed by atoms with Crippen molar-refractivity contribution in [2.24, 2.45) is 5.92 Å². The highest BCUT2D eigenvalue weighted by molar-refractivity contribution is 9.10. The van der Waals surface area contributed by atoms with E-state index in [1.165, 1.54) is 32.5 Å².